The average molecular weight is 563 g/mol. The van der Waals surface area contributed by atoms with Gasteiger partial charge in [0.2, 0.25) is 5.91 Å². The number of para-hydroxylation sites is 1. The highest BCUT2D eigenvalue weighted by Crippen LogP contribution is 2.29. The molecule has 1 unspecified atom stereocenters. The van der Waals surface area contributed by atoms with Crippen LogP contribution in [-0.2, 0) is 4.79 Å². The molecule has 4 heterocycles. The van der Waals surface area contributed by atoms with Crippen molar-refractivity contribution >= 4 is 28.7 Å². The highest BCUT2D eigenvalue weighted by molar-refractivity contribution is 5.88. The van der Waals surface area contributed by atoms with Gasteiger partial charge >= 0.3 is 5.69 Å². The fraction of sp³-hybridized carbons (Fsp3) is 0.194. The summed E-state index contributed by atoms with van der Waals surface area (Å²) in [6, 6.07) is 22.1. The molecule has 6 rings (SSSR count). The number of amides is 1. The van der Waals surface area contributed by atoms with Gasteiger partial charge in [0, 0.05) is 39.0 Å². The van der Waals surface area contributed by atoms with Crippen molar-refractivity contribution in [3.63, 3.8) is 0 Å². The molecule has 1 fully saturated rings. The van der Waals surface area contributed by atoms with Crippen LogP contribution in [-0.4, -0.2) is 61.6 Å². The van der Waals surface area contributed by atoms with Crippen LogP contribution >= 0.6 is 0 Å². The molecule has 0 aliphatic carbocycles. The van der Waals surface area contributed by atoms with E-state index in [1.807, 2.05) is 66.6 Å². The third-order valence-corrected chi connectivity index (χ3v) is 7.27. The number of likely N-dealkylation sites (N-methyl/N-ethyl adjacent to an activating group) is 1. The molecule has 11 heteroatoms. The van der Waals surface area contributed by atoms with Gasteiger partial charge in [-0.2, -0.15) is 0 Å². The van der Waals surface area contributed by atoms with E-state index in [2.05, 4.69) is 15.0 Å². The van der Waals surface area contributed by atoms with E-state index in [4.69, 9.17) is 10.5 Å². The third kappa shape index (κ3) is 5.31. The molecule has 11 nitrogen and oxygen atoms in total. The minimum atomic E-state index is -0.291. The van der Waals surface area contributed by atoms with Gasteiger partial charge in [0.25, 0.3) is 0 Å². The molecule has 0 saturated carbocycles. The molecular weight excluding hydrogens is 532 g/mol. The van der Waals surface area contributed by atoms with Gasteiger partial charge < -0.3 is 20.3 Å². The molecule has 1 aliphatic heterocycles. The first-order valence-corrected chi connectivity index (χ1v) is 13.6. The van der Waals surface area contributed by atoms with Gasteiger partial charge in [-0.05, 0) is 55.0 Å². The molecule has 0 spiro atoms. The number of hydrogen-bond acceptors (Lipinski definition) is 8. The summed E-state index contributed by atoms with van der Waals surface area (Å²) < 4.78 is 9.06. The van der Waals surface area contributed by atoms with E-state index in [0.29, 0.717) is 54.4 Å². The maximum Gasteiger partial charge on any atom is 0.335 e. The number of carbonyl (C=O) groups is 1. The largest absolute Gasteiger partial charge is 0.457 e. The van der Waals surface area contributed by atoms with Crippen molar-refractivity contribution in [1.82, 2.24) is 29.0 Å². The number of nitrogens with two attached hydrogens (primary N) is 1. The van der Waals surface area contributed by atoms with Crippen LogP contribution in [0.15, 0.2) is 102 Å². The van der Waals surface area contributed by atoms with Gasteiger partial charge in [-0.15, -0.1) is 0 Å². The smallest absolute Gasteiger partial charge is 0.335 e. The molecule has 5 aromatic rings. The molecular formula is C31H30N8O3. The Kier molecular flexibility index (Phi) is 7.37. The summed E-state index contributed by atoms with van der Waals surface area (Å²) in [5.41, 5.74) is 7.46. The van der Waals surface area contributed by atoms with Crippen LogP contribution in [0.4, 0.5) is 11.6 Å². The SMILES string of the molecule is CN(CC=CC(=O)N1CCC(n2c(=O)n(-c3ccc(Oc4ccccc4)cc3)c3c(N)ncnc32)C1)c1ccccn1. The second-order valence-electron chi connectivity index (χ2n) is 10.0. The number of likely N-dealkylation sites (tertiary alicyclic amines) is 1. The Bertz CT molecular complexity index is 1780. The third-order valence-electron chi connectivity index (χ3n) is 7.27. The Morgan fingerprint density at radius 1 is 1.02 bits per heavy atom. The van der Waals surface area contributed by atoms with Gasteiger partial charge in [-0.1, -0.05) is 30.3 Å². The number of hydrogen-bond donors (Lipinski definition) is 1. The molecule has 0 radical (unpaired) electrons. The lowest BCUT2D eigenvalue weighted by atomic mass is 10.2. The van der Waals surface area contributed by atoms with Crippen molar-refractivity contribution in [2.75, 3.05) is 37.3 Å². The van der Waals surface area contributed by atoms with Gasteiger partial charge in [0.05, 0.1) is 11.7 Å². The predicted octanol–water partition coefficient (Wildman–Crippen LogP) is 3.82. The molecule has 212 valence electrons. The topological polar surface area (TPSA) is 124 Å². The monoisotopic (exact) mass is 562 g/mol. The Hall–Kier alpha value is -5.45. The summed E-state index contributed by atoms with van der Waals surface area (Å²) in [7, 11) is 1.92. The van der Waals surface area contributed by atoms with Crippen molar-refractivity contribution in [2.24, 2.45) is 0 Å². The lowest BCUT2D eigenvalue weighted by Gasteiger charge is -2.17. The zero-order valence-electron chi connectivity index (χ0n) is 23.1. The summed E-state index contributed by atoms with van der Waals surface area (Å²) in [6.07, 6.45) is 7.10. The number of pyridine rings is 1. The van der Waals surface area contributed by atoms with Crippen LogP contribution in [0.3, 0.4) is 0 Å². The van der Waals surface area contributed by atoms with E-state index in [-0.39, 0.29) is 23.5 Å². The zero-order valence-corrected chi connectivity index (χ0v) is 23.1. The van der Waals surface area contributed by atoms with E-state index < -0.39 is 0 Å². The Morgan fingerprint density at radius 3 is 2.55 bits per heavy atom. The van der Waals surface area contributed by atoms with Crippen LogP contribution in [0.1, 0.15) is 12.5 Å². The van der Waals surface area contributed by atoms with Crippen molar-refractivity contribution < 1.29 is 9.53 Å². The second-order valence-corrected chi connectivity index (χ2v) is 10.0. The van der Waals surface area contributed by atoms with Crippen molar-refractivity contribution in [1.29, 1.82) is 0 Å². The Balaban J connectivity index is 1.22. The van der Waals surface area contributed by atoms with E-state index in [1.54, 1.807) is 46.0 Å². The number of benzene rings is 2. The highest BCUT2D eigenvalue weighted by atomic mass is 16.5. The molecule has 3 aromatic heterocycles. The van der Waals surface area contributed by atoms with E-state index >= 15 is 0 Å². The number of nitrogen functional groups attached to an aromatic ring is 1. The number of nitrogens with zero attached hydrogens (tertiary/aromatic N) is 7. The van der Waals surface area contributed by atoms with Gasteiger partial charge in [0.1, 0.15) is 29.2 Å². The van der Waals surface area contributed by atoms with Crippen LogP contribution < -0.4 is 21.1 Å². The molecule has 1 amide bonds. The lowest BCUT2D eigenvalue weighted by Crippen LogP contribution is -2.31. The standard InChI is InChI=1S/C31H30N8O3/c1-36(26-10-5-6-17-33-26)18-7-11-27(40)37-19-16-23(20-37)39-30-28(29(32)34-21-35-30)38(31(39)41)22-12-14-25(15-13-22)42-24-8-3-2-4-9-24/h2-15,17,21,23H,16,18-20H2,1H3,(H2,32,34,35). The number of carbonyl (C=O) groups excluding carboxylic acids is 1. The minimum absolute atomic E-state index is 0.105. The van der Waals surface area contributed by atoms with Crippen molar-refractivity contribution in [3.05, 3.63) is 108 Å². The molecule has 2 N–H and O–H groups in total. The molecule has 1 aliphatic rings. The molecule has 42 heavy (non-hydrogen) atoms. The van der Waals surface area contributed by atoms with Crippen molar-refractivity contribution in [3.8, 4) is 17.2 Å². The average Bonchev–Trinajstić information content (AvgIpc) is 3.61. The fourth-order valence-electron chi connectivity index (χ4n) is 5.17. The number of ether oxygens (including phenoxy) is 1. The highest BCUT2D eigenvalue weighted by Gasteiger charge is 2.31. The molecule has 1 atom stereocenters. The van der Waals surface area contributed by atoms with E-state index in [0.717, 1.165) is 5.82 Å². The number of anilines is 2. The fourth-order valence-corrected chi connectivity index (χ4v) is 5.17. The first kappa shape index (κ1) is 26.8. The minimum Gasteiger partial charge on any atom is -0.457 e. The molecule has 0 bridgehead atoms. The normalized spacial score (nSPS) is 15.0. The quantitative estimate of drug-likeness (QED) is 0.283. The van der Waals surface area contributed by atoms with Gasteiger partial charge in [0.15, 0.2) is 11.5 Å². The Morgan fingerprint density at radius 2 is 1.79 bits per heavy atom. The molecule has 1 saturated heterocycles. The summed E-state index contributed by atoms with van der Waals surface area (Å²) >= 11 is 0. The van der Waals surface area contributed by atoms with Crippen molar-refractivity contribution in [2.45, 2.75) is 12.5 Å². The molecule has 2 aromatic carbocycles. The van der Waals surface area contributed by atoms with Gasteiger partial charge in [-0.3, -0.25) is 13.9 Å². The second kappa shape index (κ2) is 11.6. The van der Waals surface area contributed by atoms with Crippen LogP contribution in [0, 0.1) is 0 Å². The van der Waals surface area contributed by atoms with E-state index in [1.165, 1.54) is 10.9 Å². The first-order chi connectivity index (χ1) is 20.5. The lowest BCUT2D eigenvalue weighted by molar-refractivity contribution is -0.125. The van der Waals surface area contributed by atoms with Crippen LogP contribution in [0.5, 0.6) is 11.5 Å². The maximum absolute atomic E-state index is 13.9. The van der Waals surface area contributed by atoms with Gasteiger partial charge in [-0.25, -0.2) is 19.7 Å². The maximum atomic E-state index is 13.9. The zero-order chi connectivity index (χ0) is 29.1. The summed E-state index contributed by atoms with van der Waals surface area (Å²) in [5.74, 6) is 2.27. The predicted molar refractivity (Wildman–Crippen MR) is 161 cm³/mol. The van der Waals surface area contributed by atoms with E-state index in [9.17, 15) is 9.59 Å². The van der Waals surface area contributed by atoms with Crippen LogP contribution in [0.2, 0.25) is 0 Å². The number of aromatic nitrogens is 5. The summed E-state index contributed by atoms with van der Waals surface area (Å²) in [5, 5.41) is 0. The summed E-state index contributed by atoms with van der Waals surface area (Å²) in [6.45, 7) is 1.44. The summed E-state index contributed by atoms with van der Waals surface area (Å²) in [4.78, 5) is 43.5. The van der Waals surface area contributed by atoms with Crippen LogP contribution in [0.25, 0.3) is 16.9 Å². The number of imidazole rings is 1. The first-order valence-electron chi connectivity index (χ1n) is 13.6. The Labute approximate surface area is 242 Å². The number of fused-ring (bicyclic) bond motifs is 1. The number of rotatable bonds is 8.